The van der Waals surface area contributed by atoms with Gasteiger partial charge in [0.2, 0.25) is 21.8 Å². The summed E-state index contributed by atoms with van der Waals surface area (Å²) in [6.07, 6.45) is 1.15. The zero-order valence-electron chi connectivity index (χ0n) is 17.2. The first-order valence-electron chi connectivity index (χ1n) is 9.76. The van der Waals surface area contributed by atoms with E-state index in [1.54, 1.807) is 0 Å². The van der Waals surface area contributed by atoms with Gasteiger partial charge in [0.05, 0.1) is 5.75 Å². The summed E-state index contributed by atoms with van der Waals surface area (Å²) in [7, 11) is 0.276. The van der Waals surface area contributed by atoms with E-state index in [-0.39, 0.29) is 24.1 Å². The van der Waals surface area contributed by atoms with Crippen molar-refractivity contribution in [2.45, 2.75) is 26.2 Å². The lowest BCUT2D eigenvalue weighted by Gasteiger charge is -2.35. The molecule has 0 spiro atoms. The molecule has 0 atom stereocenters. The highest BCUT2D eigenvalue weighted by atomic mass is 32.2. The number of sulfonamides is 1. The molecular formula is C18H28N6O4S. The highest BCUT2D eigenvalue weighted by Crippen LogP contribution is 2.20. The summed E-state index contributed by atoms with van der Waals surface area (Å²) in [6.45, 7) is 3.47. The van der Waals surface area contributed by atoms with Crippen molar-refractivity contribution in [1.29, 1.82) is 0 Å². The highest BCUT2D eigenvalue weighted by molar-refractivity contribution is 7.89. The number of carbonyl (C=O) groups is 2. The van der Waals surface area contributed by atoms with Crippen molar-refractivity contribution in [3.8, 4) is 0 Å². The zero-order chi connectivity index (χ0) is 21.2. The molecule has 0 radical (unpaired) electrons. The maximum atomic E-state index is 12.7. The Labute approximate surface area is 171 Å². The quantitative estimate of drug-likeness (QED) is 0.580. The number of hydrogen-bond acceptors (Lipinski definition) is 8. The minimum Gasteiger partial charge on any atom is -0.363 e. The molecule has 0 aliphatic carbocycles. The minimum absolute atomic E-state index is 0.0719. The van der Waals surface area contributed by atoms with Gasteiger partial charge in [-0.15, -0.1) is 0 Å². The summed E-state index contributed by atoms with van der Waals surface area (Å²) in [5, 5.41) is 0. The second kappa shape index (κ2) is 8.62. The topological polar surface area (TPSA) is 107 Å². The fourth-order valence-corrected chi connectivity index (χ4v) is 4.90. The molecular weight excluding hydrogens is 396 g/mol. The van der Waals surface area contributed by atoms with Crippen LogP contribution in [0, 0.1) is 6.92 Å². The molecule has 0 aromatic carbocycles. The monoisotopic (exact) mass is 424 g/mol. The van der Waals surface area contributed by atoms with Crippen LogP contribution in [0.25, 0.3) is 0 Å². The van der Waals surface area contributed by atoms with E-state index in [0.717, 1.165) is 16.5 Å². The predicted octanol–water partition coefficient (Wildman–Crippen LogP) is -0.158. The molecule has 2 fully saturated rings. The number of amides is 2. The SMILES string of the molecule is Cc1nc(N(C)C)cc(N2CCN(S(=O)(=O)CCN3C(=O)CCCC3=O)CC2)n1. The first-order valence-corrected chi connectivity index (χ1v) is 11.4. The van der Waals surface area contributed by atoms with Gasteiger partial charge in [-0.05, 0) is 13.3 Å². The van der Waals surface area contributed by atoms with Crippen molar-refractivity contribution in [2.24, 2.45) is 0 Å². The maximum Gasteiger partial charge on any atom is 0.229 e. The molecule has 3 rings (SSSR count). The summed E-state index contributed by atoms with van der Waals surface area (Å²) in [4.78, 5) is 37.7. The van der Waals surface area contributed by atoms with Gasteiger partial charge in [0.15, 0.2) is 0 Å². The van der Waals surface area contributed by atoms with Crippen LogP contribution in [-0.4, -0.2) is 92.0 Å². The molecule has 2 aliphatic heterocycles. The molecule has 0 N–H and O–H groups in total. The van der Waals surface area contributed by atoms with E-state index < -0.39 is 10.0 Å². The standard InChI is InChI=1S/C18H28N6O4S/c1-14-19-15(21(2)3)13-16(20-14)22-7-9-23(10-8-22)29(27,28)12-11-24-17(25)5-4-6-18(24)26/h13H,4-12H2,1-3H3. The molecule has 29 heavy (non-hydrogen) atoms. The number of imide groups is 1. The zero-order valence-corrected chi connectivity index (χ0v) is 18.0. The molecule has 1 aromatic heterocycles. The van der Waals surface area contributed by atoms with Crippen molar-refractivity contribution >= 4 is 33.5 Å². The number of aryl methyl sites for hydroxylation is 1. The van der Waals surface area contributed by atoms with Gasteiger partial charge in [-0.1, -0.05) is 0 Å². The van der Waals surface area contributed by atoms with Crippen LogP contribution in [0.5, 0.6) is 0 Å². The maximum absolute atomic E-state index is 12.7. The van der Waals surface area contributed by atoms with Crippen LogP contribution in [0.3, 0.4) is 0 Å². The van der Waals surface area contributed by atoms with Gasteiger partial charge in [-0.3, -0.25) is 14.5 Å². The Hall–Kier alpha value is -2.27. The van der Waals surface area contributed by atoms with Crippen molar-refractivity contribution in [2.75, 3.05) is 62.4 Å². The van der Waals surface area contributed by atoms with E-state index in [1.807, 2.05) is 36.9 Å². The Morgan fingerprint density at radius 3 is 2.24 bits per heavy atom. The largest absolute Gasteiger partial charge is 0.363 e. The van der Waals surface area contributed by atoms with Crippen molar-refractivity contribution < 1.29 is 18.0 Å². The number of nitrogens with zero attached hydrogens (tertiary/aromatic N) is 6. The molecule has 0 saturated carbocycles. The van der Waals surface area contributed by atoms with Crippen LogP contribution in [0.15, 0.2) is 6.07 Å². The van der Waals surface area contributed by atoms with E-state index >= 15 is 0 Å². The van der Waals surface area contributed by atoms with Gasteiger partial charge in [0.1, 0.15) is 17.5 Å². The van der Waals surface area contributed by atoms with Gasteiger partial charge in [0.25, 0.3) is 0 Å². The Bertz CT molecular complexity index is 864. The number of piperazine rings is 1. The van der Waals surface area contributed by atoms with E-state index in [2.05, 4.69) is 9.97 Å². The fourth-order valence-electron chi connectivity index (χ4n) is 3.51. The molecule has 2 aliphatic rings. The van der Waals surface area contributed by atoms with Crippen molar-refractivity contribution in [3.05, 3.63) is 11.9 Å². The first-order chi connectivity index (χ1) is 13.7. The molecule has 0 unspecified atom stereocenters. The first kappa shape index (κ1) is 21.4. The number of rotatable bonds is 6. The van der Waals surface area contributed by atoms with Crippen molar-refractivity contribution in [3.63, 3.8) is 0 Å². The smallest absolute Gasteiger partial charge is 0.229 e. The van der Waals surface area contributed by atoms with Gasteiger partial charge < -0.3 is 9.80 Å². The lowest BCUT2D eigenvalue weighted by atomic mass is 10.1. The van der Waals surface area contributed by atoms with Gasteiger partial charge >= 0.3 is 0 Å². The van der Waals surface area contributed by atoms with Crippen molar-refractivity contribution in [1.82, 2.24) is 19.2 Å². The Morgan fingerprint density at radius 1 is 1.03 bits per heavy atom. The Kier molecular flexibility index (Phi) is 6.37. The van der Waals surface area contributed by atoms with Crippen LogP contribution in [0.4, 0.5) is 11.6 Å². The van der Waals surface area contributed by atoms with E-state index in [0.29, 0.717) is 51.3 Å². The summed E-state index contributed by atoms with van der Waals surface area (Å²) in [5.74, 6) is 1.45. The average Bonchev–Trinajstić information content (AvgIpc) is 2.67. The van der Waals surface area contributed by atoms with E-state index in [1.165, 1.54) is 4.31 Å². The summed E-state index contributed by atoms with van der Waals surface area (Å²) >= 11 is 0. The van der Waals surface area contributed by atoms with Crippen LogP contribution < -0.4 is 9.80 Å². The molecule has 0 bridgehead atoms. The molecule has 11 heteroatoms. The third kappa shape index (κ3) is 5.02. The van der Waals surface area contributed by atoms with Crippen LogP contribution in [0.1, 0.15) is 25.1 Å². The summed E-state index contributed by atoms with van der Waals surface area (Å²) in [6, 6.07) is 1.89. The molecule has 160 valence electrons. The van der Waals surface area contributed by atoms with Gasteiger partial charge in [-0.25, -0.2) is 18.4 Å². The molecule has 3 heterocycles. The van der Waals surface area contributed by atoms with E-state index in [4.69, 9.17) is 0 Å². The normalized spacial score (nSPS) is 19.0. The number of aromatic nitrogens is 2. The van der Waals surface area contributed by atoms with Crippen LogP contribution in [0.2, 0.25) is 0 Å². The van der Waals surface area contributed by atoms with Crippen LogP contribution >= 0.6 is 0 Å². The predicted molar refractivity (Wildman–Crippen MR) is 109 cm³/mol. The Morgan fingerprint density at radius 2 is 1.66 bits per heavy atom. The lowest BCUT2D eigenvalue weighted by Crippen LogP contribution is -2.51. The number of hydrogen-bond donors (Lipinski definition) is 0. The third-order valence-corrected chi connectivity index (χ3v) is 7.03. The van der Waals surface area contributed by atoms with Gasteiger partial charge in [0, 0.05) is 65.7 Å². The second-order valence-corrected chi connectivity index (χ2v) is 9.61. The average molecular weight is 425 g/mol. The Balaban J connectivity index is 1.59. The number of carbonyl (C=O) groups excluding carboxylic acids is 2. The summed E-state index contributed by atoms with van der Waals surface area (Å²) in [5.41, 5.74) is 0. The lowest BCUT2D eigenvalue weighted by molar-refractivity contribution is -0.147. The highest BCUT2D eigenvalue weighted by Gasteiger charge is 2.31. The minimum atomic E-state index is -3.55. The molecule has 2 amide bonds. The fraction of sp³-hybridized carbons (Fsp3) is 0.667. The van der Waals surface area contributed by atoms with E-state index in [9.17, 15) is 18.0 Å². The number of anilines is 2. The van der Waals surface area contributed by atoms with Crippen LogP contribution in [-0.2, 0) is 19.6 Å². The number of likely N-dealkylation sites (tertiary alicyclic amines) is 1. The van der Waals surface area contributed by atoms with Gasteiger partial charge in [-0.2, -0.15) is 4.31 Å². The number of piperidine rings is 1. The molecule has 2 saturated heterocycles. The summed E-state index contributed by atoms with van der Waals surface area (Å²) < 4.78 is 26.9. The third-order valence-electron chi connectivity index (χ3n) is 5.18. The second-order valence-electron chi connectivity index (χ2n) is 7.52. The molecule has 1 aromatic rings. The molecule has 10 nitrogen and oxygen atoms in total.